The number of rotatable bonds is 12. The lowest BCUT2D eigenvalue weighted by Crippen LogP contribution is -2.40. The maximum Gasteiger partial charge on any atom is 0.155 e. The van der Waals surface area contributed by atoms with Crippen molar-refractivity contribution in [3.63, 3.8) is 0 Å². The van der Waals surface area contributed by atoms with Gasteiger partial charge in [-0.15, -0.1) is 0 Å². The first kappa shape index (κ1) is 20.1. The van der Waals surface area contributed by atoms with Crippen molar-refractivity contribution in [2.75, 3.05) is 32.8 Å². The van der Waals surface area contributed by atoms with E-state index in [-0.39, 0.29) is 12.4 Å². The minimum Gasteiger partial charge on any atom is -0.395 e. The SMILES string of the molecule is CCC=CCC1N(CCO)CCN1CCCC(=O)C=CCCC. The average molecular weight is 322 g/mol. The topological polar surface area (TPSA) is 43.8 Å². The largest absolute Gasteiger partial charge is 0.395 e. The molecule has 1 heterocycles. The second kappa shape index (κ2) is 12.5. The molecule has 0 aromatic carbocycles. The molecule has 0 aromatic heterocycles. The van der Waals surface area contributed by atoms with Gasteiger partial charge >= 0.3 is 0 Å². The van der Waals surface area contributed by atoms with Gasteiger partial charge in [-0.3, -0.25) is 14.6 Å². The van der Waals surface area contributed by atoms with Crippen LogP contribution in [0.15, 0.2) is 24.3 Å². The van der Waals surface area contributed by atoms with Gasteiger partial charge < -0.3 is 5.11 Å². The van der Waals surface area contributed by atoms with E-state index in [4.69, 9.17) is 0 Å². The van der Waals surface area contributed by atoms with Crippen LogP contribution >= 0.6 is 0 Å². The van der Waals surface area contributed by atoms with E-state index in [1.807, 2.05) is 6.08 Å². The minimum atomic E-state index is 0.211. The van der Waals surface area contributed by atoms with Crippen molar-refractivity contribution in [3.8, 4) is 0 Å². The molecule has 1 aliphatic heterocycles. The first-order valence-corrected chi connectivity index (χ1v) is 9.16. The second-order valence-corrected chi connectivity index (χ2v) is 6.15. The predicted octanol–water partition coefficient (Wildman–Crippen LogP) is 2.98. The molecule has 1 N–H and O–H groups in total. The van der Waals surface area contributed by atoms with E-state index in [2.05, 4.69) is 35.8 Å². The van der Waals surface area contributed by atoms with Gasteiger partial charge in [0.05, 0.1) is 12.8 Å². The van der Waals surface area contributed by atoms with E-state index < -0.39 is 0 Å². The molecule has 132 valence electrons. The van der Waals surface area contributed by atoms with Gasteiger partial charge in [0.15, 0.2) is 5.78 Å². The highest BCUT2D eigenvalue weighted by molar-refractivity contribution is 5.89. The first-order valence-electron chi connectivity index (χ1n) is 9.16. The fraction of sp³-hybridized carbons (Fsp3) is 0.737. The Balaban J connectivity index is 2.40. The number of allylic oxidation sites excluding steroid dienone is 3. The van der Waals surface area contributed by atoms with Crippen molar-refractivity contribution >= 4 is 5.78 Å². The van der Waals surface area contributed by atoms with Gasteiger partial charge in [-0.25, -0.2) is 0 Å². The molecule has 1 atom stereocenters. The average Bonchev–Trinajstić information content (AvgIpc) is 2.91. The molecule has 1 saturated heterocycles. The molecule has 23 heavy (non-hydrogen) atoms. The zero-order valence-electron chi connectivity index (χ0n) is 14.9. The van der Waals surface area contributed by atoms with Crippen LogP contribution in [0.2, 0.25) is 0 Å². The molecule has 1 fully saturated rings. The molecular weight excluding hydrogens is 288 g/mol. The van der Waals surface area contributed by atoms with Crippen LogP contribution in [0.5, 0.6) is 0 Å². The highest BCUT2D eigenvalue weighted by atomic mass is 16.3. The first-order chi connectivity index (χ1) is 11.2. The Morgan fingerprint density at radius 1 is 1.13 bits per heavy atom. The predicted molar refractivity (Wildman–Crippen MR) is 96.4 cm³/mol. The van der Waals surface area contributed by atoms with Crippen LogP contribution in [0, 0.1) is 0 Å². The van der Waals surface area contributed by atoms with Gasteiger partial charge in [0.25, 0.3) is 0 Å². The molecule has 4 heteroatoms. The van der Waals surface area contributed by atoms with E-state index in [0.717, 1.165) is 58.3 Å². The fourth-order valence-electron chi connectivity index (χ4n) is 3.04. The molecule has 0 spiro atoms. The van der Waals surface area contributed by atoms with Crippen LogP contribution < -0.4 is 0 Å². The number of β-amino-alcohol motifs (C(OH)–C–C–N with tert-alkyl or cyclic N) is 1. The zero-order valence-corrected chi connectivity index (χ0v) is 14.9. The summed E-state index contributed by atoms with van der Waals surface area (Å²) in [5, 5.41) is 9.22. The third-order valence-electron chi connectivity index (χ3n) is 4.28. The van der Waals surface area contributed by atoms with Crippen molar-refractivity contribution in [2.24, 2.45) is 0 Å². The number of carbonyl (C=O) groups excluding carboxylic acids is 1. The smallest absolute Gasteiger partial charge is 0.155 e. The number of hydrogen-bond acceptors (Lipinski definition) is 4. The maximum atomic E-state index is 11.8. The fourth-order valence-corrected chi connectivity index (χ4v) is 3.04. The monoisotopic (exact) mass is 322 g/mol. The van der Waals surface area contributed by atoms with Crippen molar-refractivity contribution < 1.29 is 9.90 Å². The highest BCUT2D eigenvalue weighted by Gasteiger charge is 2.29. The van der Waals surface area contributed by atoms with Gasteiger partial charge in [0, 0.05) is 32.6 Å². The number of unbranched alkanes of at least 4 members (excludes halogenated alkanes) is 1. The van der Waals surface area contributed by atoms with Crippen LogP contribution in [0.25, 0.3) is 0 Å². The third-order valence-corrected chi connectivity index (χ3v) is 4.28. The normalized spacial score (nSPS) is 20.2. The lowest BCUT2D eigenvalue weighted by Gasteiger charge is -2.29. The number of nitrogens with zero attached hydrogens (tertiary/aromatic N) is 2. The van der Waals surface area contributed by atoms with Gasteiger partial charge in [0.1, 0.15) is 0 Å². The minimum absolute atomic E-state index is 0.211. The molecule has 1 aliphatic rings. The summed E-state index contributed by atoms with van der Waals surface area (Å²) in [7, 11) is 0. The van der Waals surface area contributed by atoms with E-state index in [9.17, 15) is 9.90 Å². The number of carbonyl (C=O) groups is 1. The van der Waals surface area contributed by atoms with E-state index >= 15 is 0 Å². The van der Waals surface area contributed by atoms with Crippen LogP contribution in [-0.2, 0) is 4.79 Å². The summed E-state index contributed by atoms with van der Waals surface area (Å²) in [6.45, 7) is 8.21. The highest BCUT2D eigenvalue weighted by Crippen LogP contribution is 2.18. The van der Waals surface area contributed by atoms with Crippen molar-refractivity contribution in [1.82, 2.24) is 9.80 Å². The summed E-state index contributed by atoms with van der Waals surface area (Å²) < 4.78 is 0. The van der Waals surface area contributed by atoms with Gasteiger partial charge in [-0.05, 0) is 31.8 Å². The zero-order chi connectivity index (χ0) is 16.9. The van der Waals surface area contributed by atoms with Gasteiger partial charge in [-0.1, -0.05) is 38.5 Å². The quantitative estimate of drug-likeness (QED) is 0.443. The Morgan fingerprint density at radius 2 is 1.87 bits per heavy atom. The lowest BCUT2D eigenvalue weighted by atomic mass is 10.1. The summed E-state index contributed by atoms with van der Waals surface area (Å²) in [4.78, 5) is 16.6. The molecule has 1 rings (SSSR count). The summed E-state index contributed by atoms with van der Waals surface area (Å²) >= 11 is 0. The molecular formula is C19H34N2O2. The Hall–Kier alpha value is -0.970. The maximum absolute atomic E-state index is 11.8. The summed E-state index contributed by atoms with van der Waals surface area (Å²) in [5.74, 6) is 0.243. The number of aliphatic hydroxyl groups excluding tert-OH is 1. The summed E-state index contributed by atoms with van der Waals surface area (Å²) in [6, 6.07) is 0. The van der Waals surface area contributed by atoms with Gasteiger partial charge in [0.2, 0.25) is 0 Å². The third kappa shape index (κ3) is 7.91. The van der Waals surface area contributed by atoms with Crippen LogP contribution in [-0.4, -0.2) is 59.6 Å². The molecule has 0 aliphatic carbocycles. The molecule has 0 aromatic rings. The Kier molecular flexibility index (Phi) is 10.9. The summed E-state index contributed by atoms with van der Waals surface area (Å²) in [6.07, 6.45) is 14.2. The summed E-state index contributed by atoms with van der Waals surface area (Å²) in [5.41, 5.74) is 0. The van der Waals surface area contributed by atoms with Gasteiger partial charge in [-0.2, -0.15) is 0 Å². The van der Waals surface area contributed by atoms with Crippen LogP contribution in [0.3, 0.4) is 0 Å². The van der Waals surface area contributed by atoms with Crippen LogP contribution in [0.1, 0.15) is 52.4 Å². The molecule has 1 unspecified atom stereocenters. The molecule has 0 amide bonds. The number of ketones is 1. The van der Waals surface area contributed by atoms with Crippen molar-refractivity contribution in [2.45, 2.75) is 58.5 Å². The lowest BCUT2D eigenvalue weighted by molar-refractivity contribution is -0.114. The molecule has 4 nitrogen and oxygen atoms in total. The van der Waals surface area contributed by atoms with Crippen LogP contribution in [0.4, 0.5) is 0 Å². The van der Waals surface area contributed by atoms with Crippen molar-refractivity contribution in [3.05, 3.63) is 24.3 Å². The molecule has 0 saturated carbocycles. The Bertz CT molecular complexity index is 380. The van der Waals surface area contributed by atoms with E-state index in [0.29, 0.717) is 12.6 Å². The number of aliphatic hydroxyl groups is 1. The number of hydrogen-bond donors (Lipinski definition) is 1. The standard InChI is InChI=1S/C19H34N2O2/c1-3-5-7-10-18(23)11-9-13-20-14-15-21(16-17-22)19(20)12-8-6-4-2/h6-8,10,19,22H,3-5,9,11-17H2,1-2H3. The second-order valence-electron chi connectivity index (χ2n) is 6.15. The van der Waals surface area contributed by atoms with Crippen molar-refractivity contribution in [1.29, 1.82) is 0 Å². The Labute approximate surface area is 141 Å². The Morgan fingerprint density at radius 3 is 2.52 bits per heavy atom. The van der Waals surface area contributed by atoms with E-state index in [1.165, 1.54) is 0 Å². The van der Waals surface area contributed by atoms with E-state index in [1.54, 1.807) is 6.08 Å². The molecule has 0 radical (unpaired) electrons. The molecule has 0 bridgehead atoms.